The maximum Gasteiger partial charge on any atom is 0.339 e. The Morgan fingerprint density at radius 1 is 1.56 bits per heavy atom. The number of carboxylic acids is 1. The Kier molecular flexibility index (Phi) is 4.11. The van der Waals surface area contributed by atoms with Crippen molar-refractivity contribution in [1.82, 2.24) is 4.98 Å². The summed E-state index contributed by atoms with van der Waals surface area (Å²) in [4.78, 5) is 15.2. The second-order valence-electron chi connectivity index (χ2n) is 4.10. The van der Waals surface area contributed by atoms with E-state index in [0.29, 0.717) is 32.2 Å². The molecule has 2 rings (SSSR count). The van der Waals surface area contributed by atoms with Crippen LogP contribution in [0.3, 0.4) is 0 Å². The van der Waals surface area contributed by atoms with Crippen LogP contribution in [0.1, 0.15) is 16.1 Å². The molecule has 0 amide bonds. The van der Waals surface area contributed by atoms with Gasteiger partial charge in [0.2, 0.25) is 0 Å². The van der Waals surface area contributed by atoms with E-state index in [4.69, 9.17) is 14.6 Å². The van der Waals surface area contributed by atoms with Crippen LogP contribution in [-0.4, -0.2) is 48.5 Å². The van der Waals surface area contributed by atoms with Gasteiger partial charge in [0.15, 0.2) is 0 Å². The molecule has 1 atom stereocenters. The number of carboxylic acid groups (broad SMARTS) is 1. The molecule has 0 radical (unpaired) electrons. The van der Waals surface area contributed by atoms with Gasteiger partial charge >= 0.3 is 5.97 Å². The summed E-state index contributed by atoms with van der Waals surface area (Å²) in [5, 5.41) is 12.1. The molecule has 1 aliphatic heterocycles. The highest BCUT2D eigenvalue weighted by Gasteiger charge is 2.16. The van der Waals surface area contributed by atoms with Crippen LogP contribution >= 0.6 is 0 Å². The summed E-state index contributed by atoms with van der Waals surface area (Å²) >= 11 is 0. The van der Waals surface area contributed by atoms with E-state index in [0.717, 1.165) is 5.69 Å². The van der Waals surface area contributed by atoms with Gasteiger partial charge in [-0.05, 0) is 19.1 Å². The summed E-state index contributed by atoms with van der Waals surface area (Å²) in [6.45, 7) is 3.99. The molecule has 1 aromatic rings. The Balaban J connectivity index is 2.03. The average Bonchev–Trinajstić information content (AvgIpc) is 2.37. The molecule has 1 fully saturated rings. The predicted molar refractivity (Wildman–Crippen MR) is 65.0 cm³/mol. The summed E-state index contributed by atoms with van der Waals surface area (Å²) < 4.78 is 10.7. The number of ether oxygens (including phenoxy) is 2. The lowest BCUT2D eigenvalue weighted by molar-refractivity contribution is -0.0819. The lowest BCUT2D eigenvalue weighted by Gasteiger charge is -2.23. The van der Waals surface area contributed by atoms with Gasteiger partial charge in [-0.3, -0.25) is 0 Å². The summed E-state index contributed by atoms with van der Waals surface area (Å²) in [6, 6.07) is 3.22. The third kappa shape index (κ3) is 3.18. The van der Waals surface area contributed by atoms with Crippen LogP contribution in [0.15, 0.2) is 12.1 Å². The first kappa shape index (κ1) is 12.8. The monoisotopic (exact) mass is 252 g/mol. The fraction of sp³-hybridized carbons (Fsp3) is 0.500. The maximum absolute atomic E-state index is 11.0. The number of carbonyl (C=O) groups is 1. The summed E-state index contributed by atoms with van der Waals surface area (Å²) in [6.07, 6.45) is -0.0669. The second-order valence-corrected chi connectivity index (χ2v) is 4.10. The third-order valence-corrected chi connectivity index (χ3v) is 2.65. The van der Waals surface area contributed by atoms with E-state index in [-0.39, 0.29) is 11.7 Å². The Labute approximate surface area is 105 Å². The zero-order valence-electron chi connectivity index (χ0n) is 10.2. The molecule has 0 aromatic carbocycles. The first-order valence-corrected chi connectivity index (χ1v) is 5.81. The average molecular weight is 252 g/mol. The normalized spacial score (nSPS) is 19.5. The van der Waals surface area contributed by atoms with Crippen molar-refractivity contribution in [3.05, 3.63) is 23.4 Å². The van der Waals surface area contributed by atoms with Crippen LogP contribution in [0, 0.1) is 6.92 Å². The van der Waals surface area contributed by atoms with Crippen LogP contribution in [0.2, 0.25) is 0 Å². The topological polar surface area (TPSA) is 80.7 Å². The van der Waals surface area contributed by atoms with Gasteiger partial charge in [-0.2, -0.15) is 0 Å². The van der Waals surface area contributed by atoms with Crippen LogP contribution in [-0.2, 0) is 9.47 Å². The van der Waals surface area contributed by atoms with Crippen molar-refractivity contribution in [2.45, 2.75) is 13.0 Å². The smallest absolute Gasteiger partial charge is 0.339 e. The zero-order valence-corrected chi connectivity index (χ0v) is 10.2. The van der Waals surface area contributed by atoms with Crippen molar-refractivity contribution in [1.29, 1.82) is 0 Å². The number of nitrogens with zero attached hydrogens (tertiary/aromatic N) is 1. The summed E-state index contributed by atoms with van der Waals surface area (Å²) in [5.74, 6) is -0.623. The molecular weight excluding hydrogens is 236 g/mol. The number of hydrogen-bond donors (Lipinski definition) is 2. The quantitative estimate of drug-likeness (QED) is 0.829. The highest BCUT2D eigenvalue weighted by Crippen LogP contribution is 2.14. The van der Waals surface area contributed by atoms with Crippen molar-refractivity contribution in [2.75, 3.05) is 31.7 Å². The number of aromatic nitrogens is 1. The minimum absolute atomic E-state index is 0.0669. The molecule has 1 unspecified atom stereocenters. The van der Waals surface area contributed by atoms with Crippen molar-refractivity contribution < 1.29 is 19.4 Å². The highest BCUT2D eigenvalue weighted by molar-refractivity contribution is 5.93. The Bertz CT molecular complexity index is 430. The molecule has 6 nitrogen and oxygen atoms in total. The van der Waals surface area contributed by atoms with Crippen molar-refractivity contribution in [2.24, 2.45) is 0 Å². The molecule has 18 heavy (non-hydrogen) atoms. The van der Waals surface area contributed by atoms with E-state index in [9.17, 15) is 4.79 Å². The third-order valence-electron chi connectivity index (χ3n) is 2.65. The molecule has 0 spiro atoms. The molecule has 1 saturated heterocycles. The van der Waals surface area contributed by atoms with Crippen LogP contribution in [0.25, 0.3) is 0 Å². The van der Waals surface area contributed by atoms with E-state index >= 15 is 0 Å². The molecule has 2 heterocycles. The molecule has 0 aliphatic carbocycles. The van der Waals surface area contributed by atoms with E-state index in [1.54, 1.807) is 12.1 Å². The fourth-order valence-corrected chi connectivity index (χ4v) is 1.73. The first-order valence-electron chi connectivity index (χ1n) is 5.81. The van der Waals surface area contributed by atoms with Gasteiger partial charge in [-0.1, -0.05) is 0 Å². The van der Waals surface area contributed by atoms with Gasteiger partial charge in [0.05, 0.1) is 25.9 Å². The Morgan fingerprint density at radius 2 is 2.39 bits per heavy atom. The summed E-state index contributed by atoms with van der Waals surface area (Å²) in [7, 11) is 0. The van der Waals surface area contributed by atoms with E-state index in [1.165, 1.54) is 0 Å². The van der Waals surface area contributed by atoms with Crippen LogP contribution < -0.4 is 5.32 Å². The van der Waals surface area contributed by atoms with E-state index in [2.05, 4.69) is 10.3 Å². The first-order chi connectivity index (χ1) is 8.66. The van der Waals surface area contributed by atoms with Gasteiger partial charge in [-0.25, -0.2) is 9.78 Å². The molecule has 2 N–H and O–H groups in total. The molecular formula is C12H16N2O4. The number of pyridine rings is 1. The van der Waals surface area contributed by atoms with Crippen molar-refractivity contribution in [3.63, 3.8) is 0 Å². The minimum Gasteiger partial charge on any atom is -0.478 e. The molecule has 0 bridgehead atoms. The largest absolute Gasteiger partial charge is 0.478 e. The highest BCUT2D eigenvalue weighted by atomic mass is 16.6. The lowest BCUT2D eigenvalue weighted by Crippen LogP contribution is -2.34. The van der Waals surface area contributed by atoms with Crippen LogP contribution in [0.4, 0.5) is 5.82 Å². The standard InChI is InChI=1S/C12H16N2O4/c1-8-2-3-10(12(15)16)11(14-8)13-6-9-7-17-4-5-18-9/h2-3,9H,4-7H2,1H3,(H,13,14)(H,15,16). The second kappa shape index (κ2) is 5.79. The molecule has 1 aromatic heterocycles. The number of rotatable bonds is 4. The van der Waals surface area contributed by atoms with Gasteiger partial charge < -0.3 is 19.9 Å². The molecule has 1 aliphatic rings. The van der Waals surface area contributed by atoms with E-state index in [1.807, 2.05) is 6.92 Å². The Morgan fingerprint density at radius 3 is 3.06 bits per heavy atom. The zero-order chi connectivity index (χ0) is 13.0. The van der Waals surface area contributed by atoms with Gasteiger partial charge in [0.25, 0.3) is 0 Å². The number of aryl methyl sites for hydroxylation is 1. The number of hydrogen-bond acceptors (Lipinski definition) is 5. The maximum atomic E-state index is 11.0. The fourth-order valence-electron chi connectivity index (χ4n) is 1.73. The molecule has 0 saturated carbocycles. The van der Waals surface area contributed by atoms with Gasteiger partial charge in [0, 0.05) is 12.2 Å². The van der Waals surface area contributed by atoms with Crippen molar-refractivity contribution in [3.8, 4) is 0 Å². The molecule has 6 heteroatoms. The minimum atomic E-state index is -0.995. The number of nitrogens with one attached hydrogen (secondary N) is 1. The van der Waals surface area contributed by atoms with E-state index < -0.39 is 5.97 Å². The SMILES string of the molecule is Cc1ccc(C(=O)O)c(NCC2COCCO2)n1. The van der Waals surface area contributed by atoms with Crippen molar-refractivity contribution >= 4 is 11.8 Å². The van der Waals surface area contributed by atoms with Crippen LogP contribution in [0.5, 0.6) is 0 Å². The lowest BCUT2D eigenvalue weighted by atomic mass is 10.2. The van der Waals surface area contributed by atoms with Gasteiger partial charge in [0.1, 0.15) is 11.4 Å². The number of anilines is 1. The molecule has 98 valence electrons. The van der Waals surface area contributed by atoms with Gasteiger partial charge in [-0.15, -0.1) is 0 Å². The summed E-state index contributed by atoms with van der Waals surface area (Å²) in [5.41, 5.74) is 0.931. The number of aromatic carboxylic acids is 1. The predicted octanol–water partition coefficient (Wildman–Crippen LogP) is 0.916. The Hall–Kier alpha value is -1.66.